The van der Waals surface area contributed by atoms with Crippen molar-refractivity contribution in [2.45, 2.75) is 25.5 Å². The van der Waals surface area contributed by atoms with Gasteiger partial charge in [0.25, 0.3) is 0 Å². The third-order valence-corrected chi connectivity index (χ3v) is 3.35. The van der Waals surface area contributed by atoms with Crippen LogP contribution in [0.25, 0.3) is 0 Å². The third kappa shape index (κ3) is 2.98. The van der Waals surface area contributed by atoms with Crippen LogP contribution in [-0.4, -0.2) is 39.7 Å². The predicted octanol–water partition coefficient (Wildman–Crippen LogP) is 2.23. The molecule has 8 heteroatoms. The minimum Gasteiger partial charge on any atom is -0.465 e. The number of ether oxygens (including phenoxy) is 1. The molecule has 20 heavy (non-hydrogen) atoms. The van der Waals surface area contributed by atoms with Gasteiger partial charge in [-0.3, -0.25) is 9.69 Å². The molecule has 0 aromatic carbocycles. The van der Waals surface area contributed by atoms with Gasteiger partial charge in [-0.05, 0) is 6.07 Å². The van der Waals surface area contributed by atoms with E-state index in [0.29, 0.717) is 0 Å². The number of amides is 1. The van der Waals surface area contributed by atoms with Gasteiger partial charge in [-0.15, -0.1) is 0 Å². The molecule has 0 spiro atoms. The summed E-state index contributed by atoms with van der Waals surface area (Å²) >= 11 is 5.89. The molecule has 1 aromatic rings. The van der Waals surface area contributed by atoms with Gasteiger partial charge in [-0.2, -0.15) is 0 Å². The van der Waals surface area contributed by atoms with Crippen molar-refractivity contribution in [3.63, 3.8) is 0 Å². The van der Waals surface area contributed by atoms with Gasteiger partial charge in [-0.25, -0.2) is 14.2 Å². The monoisotopic (exact) mass is 302 g/mol. The van der Waals surface area contributed by atoms with Crippen LogP contribution in [0.4, 0.5) is 9.18 Å². The highest BCUT2D eigenvalue weighted by Crippen LogP contribution is 2.36. The van der Waals surface area contributed by atoms with Crippen LogP contribution in [0.1, 0.15) is 24.9 Å². The van der Waals surface area contributed by atoms with Crippen molar-refractivity contribution in [3.05, 3.63) is 28.8 Å². The number of esters is 1. The summed E-state index contributed by atoms with van der Waals surface area (Å²) in [5.74, 6) is -1.10. The Morgan fingerprint density at radius 2 is 2.30 bits per heavy atom. The lowest BCUT2D eigenvalue weighted by molar-refractivity contribution is -0.145. The van der Waals surface area contributed by atoms with E-state index in [1.807, 2.05) is 0 Å². The zero-order valence-corrected chi connectivity index (χ0v) is 11.3. The van der Waals surface area contributed by atoms with E-state index in [1.54, 1.807) is 0 Å². The Morgan fingerprint density at radius 1 is 1.60 bits per heavy atom. The smallest absolute Gasteiger partial charge is 0.407 e. The maximum absolute atomic E-state index is 13.3. The molecule has 2 rings (SSSR count). The van der Waals surface area contributed by atoms with Crippen LogP contribution in [0.3, 0.4) is 0 Å². The average molecular weight is 303 g/mol. The van der Waals surface area contributed by atoms with Crippen LogP contribution < -0.4 is 0 Å². The van der Waals surface area contributed by atoms with E-state index < -0.39 is 30.0 Å². The Morgan fingerprint density at radius 3 is 2.90 bits per heavy atom. The van der Waals surface area contributed by atoms with Gasteiger partial charge < -0.3 is 9.84 Å². The second-order valence-electron chi connectivity index (χ2n) is 4.45. The Labute approximate surface area is 119 Å². The number of pyridine rings is 1. The van der Waals surface area contributed by atoms with E-state index in [1.165, 1.54) is 6.92 Å². The van der Waals surface area contributed by atoms with E-state index in [0.717, 1.165) is 17.2 Å². The quantitative estimate of drug-likeness (QED) is 0.669. The molecular formula is C12H12ClFN2O4. The molecule has 2 atom stereocenters. The number of aromatic nitrogens is 1. The fourth-order valence-corrected chi connectivity index (χ4v) is 2.52. The number of likely N-dealkylation sites (tertiary alicyclic amines) is 1. The lowest BCUT2D eigenvalue weighted by atomic mass is 10.1. The van der Waals surface area contributed by atoms with Gasteiger partial charge in [-0.1, -0.05) is 11.6 Å². The number of carboxylic acid groups (broad SMARTS) is 1. The average Bonchev–Trinajstić information content (AvgIpc) is 2.75. The second-order valence-corrected chi connectivity index (χ2v) is 4.81. The van der Waals surface area contributed by atoms with E-state index >= 15 is 0 Å². The summed E-state index contributed by atoms with van der Waals surface area (Å²) in [6.45, 7) is 1.27. The topological polar surface area (TPSA) is 79.7 Å². The molecule has 0 radical (unpaired) electrons. The molecule has 1 amide bonds. The molecular weight excluding hydrogens is 291 g/mol. The van der Waals surface area contributed by atoms with Crippen molar-refractivity contribution < 1.29 is 23.8 Å². The number of halogens is 2. The zero-order valence-electron chi connectivity index (χ0n) is 10.5. The molecule has 1 unspecified atom stereocenters. The number of rotatable bonds is 2. The number of carbonyl (C=O) groups excluding carboxylic acids is 1. The highest BCUT2D eigenvalue weighted by molar-refractivity contribution is 6.30. The molecule has 1 N–H and O–H groups in total. The van der Waals surface area contributed by atoms with Gasteiger partial charge in [0.05, 0.1) is 18.8 Å². The standard InChI is InChI=1S/C12H12ClFN2O4/c1-6(17)20-8-3-10(16(5-8)12(18)19)9-2-7(14)4-15-11(9)13/h2,4,8,10H,3,5H2,1H3,(H,18,19)/t8?,10-/m1/s1. The summed E-state index contributed by atoms with van der Waals surface area (Å²) in [6, 6.07) is 0.457. The highest BCUT2D eigenvalue weighted by Gasteiger charge is 2.39. The molecule has 0 saturated carbocycles. The third-order valence-electron chi connectivity index (χ3n) is 3.03. The Bertz CT molecular complexity index is 554. The molecule has 2 heterocycles. The first-order valence-electron chi connectivity index (χ1n) is 5.86. The van der Waals surface area contributed by atoms with E-state index in [4.69, 9.17) is 16.3 Å². The normalized spacial score (nSPS) is 21.9. The summed E-state index contributed by atoms with van der Waals surface area (Å²) in [5, 5.41) is 9.22. The fourth-order valence-electron chi connectivity index (χ4n) is 2.30. The summed E-state index contributed by atoms with van der Waals surface area (Å²) < 4.78 is 18.3. The first-order valence-corrected chi connectivity index (χ1v) is 6.24. The lowest BCUT2D eigenvalue weighted by Gasteiger charge is -2.21. The van der Waals surface area contributed by atoms with E-state index in [9.17, 15) is 19.1 Å². The Hall–Kier alpha value is -1.89. The predicted molar refractivity (Wildman–Crippen MR) is 66.8 cm³/mol. The Kier molecular flexibility index (Phi) is 4.08. The van der Waals surface area contributed by atoms with Crippen molar-refractivity contribution in [2.75, 3.05) is 6.54 Å². The minimum absolute atomic E-state index is 0.0203. The van der Waals surface area contributed by atoms with Crippen LogP contribution in [0.2, 0.25) is 5.15 Å². The van der Waals surface area contributed by atoms with Crippen molar-refractivity contribution in [3.8, 4) is 0 Å². The van der Waals surface area contributed by atoms with Crippen LogP contribution in [0, 0.1) is 5.82 Å². The minimum atomic E-state index is -1.19. The SMILES string of the molecule is CC(=O)OC1C[C@H](c2cc(F)cnc2Cl)N(C(=O)O)C1. The van der Waals surface area contributed by atoms with E-state index in [2.05, 4.69) is 4.98 Å². The largest absolute Gasteiger partial charge is 0.465 e. The molecule has 0 bridgehead atoms. The number of nitrogens with zero attached hydrogens (tertiary/aromatic N) is 2. The molecule has 0 aliphatic carbocycles. The maximum atomic E-state index is 13.3. The zero-order chi connectivity index (χ0) is 14.9. The summed E-state index contributed by atoms with van der Waals surface area (Å²) in [5.41, 5.74) is 0.267. The molecule has 1 fully saturated rings. The Balaban J connectivity index is 2.30. The van der Waals surface area contributed by atoms with Gasteiger partial charge in [0.15, 0.2) is 0 Å². The van der Waals surface area contributed by atoms with Crippen molar-refractivity contribution >= 4 is 23.7 Å². The van der Waals surface area contributed by atoms with Gasteiger partial charge in [0.1, 0.15) is 17.1 Å². The molecule has 6 nitrogen and oxygen atoms in total. The van der Waals surface area contributed by atoms with Crippen molar-refractivity contribution in [2.24, 2.45) is 0 Å². The second kappa shape index (κ2) is 5.62. The van der Waals surface area contributed by atoms with E-state index in [-0.39, 0.29) is 23.7 Å². The first-order chi connectivity index (χ1) is 9.38. The highest BCUT2D eigenvalue weighted by atomic mass is 35.5. The summed E-state index contributed by atoms with van der Waals surface area (Å²) in [6.07, 6.45) is -0.593. The van der Waals surface area contributed by atoms with Crippen LogP contribution in [0.5, 0.6) is 0 Å². The summed E-state index contributed by atoms with van der Waals surface area (Å²) in [4.78, 5) is 26.9. The van der Waals surface area contributed by atoms with Gasteiger partial charge >= 0.3 is 12.1 Å². The van der Waals surface area contributed by atoms with Gasteiger partial charge in [0, 0.05) is 18.9 Å². The van der Waals surface area contributed by atoms with Crippen LogP contribution in [-0.2, 0) is 9.53 Å². The number of hydrogen-bond donors (Lipinski definition) is 1. The lowest BCUT2D eigenvalue weighted by Crippen LogP contribution is -2.31. The number of carbonyl (C=O) groups is 2. The molecule has 1 saturated heterocycles. The molecule has 108 valence electrons. The van der Waals surface area contributed by atoms with Crippen molar-refractivity contribution in [1.29, 1.82) is 0 Å². The maximum Gasteiger partial charge on any atom is 0.407 e. The first kappa shape index (κ1) is 14.5. The molecule has 1 aliphatic rings. The fraction of sp³-hybridized carbons (Fsp3) is 0.417. The van der Waals surface area contributed by atoms with Gasteiger partial charge in [0.2, 0.25) is 0 Å². The van der Waals surface area contributed by atoms with Crippen LogP contribution >= 0.6 is 11.6 Å². The van der Waals surface area contributed by atoms with Crippen LogP contribution in [0.15, 0.2) is 12.3 Å². The number of hydrogen-bond acceptors (Lipinski definition) is 4. The molecule has 1 aromatic heterocycles. The van der Waals surface area contributed by atoms with Crippen molar-refractivity contribution in [1.82, 2.24) is 9.88 Å². The summed E-state index contributed by atoms with van der Waals surface area (Å²) in [7, 11) is 0. The molecule has 1 aliphatic heterocycles.